The van der Waals surface area contributed by atoms with Crippen LogP contribution in [0.15, 0.2) is 54.1 Å². The van der Waals surface area contributed by atoms with Gasteiger partial charge in [0, 0.05) is 50.1 Å². The highest BCUT2D eigenvalue weighted by Gasteiger charge is 2.18. The molecule has 158 valence electrons. The van der Waals surface area contributed by atoms with Crippen LogP contribution in [0, 0.1) is 0 Å². The maximum absolute atomic E-state index is 12.5. The lowest BCUT2D eigenvalue weighted by molar-refractivity contribution is -0.117. The molecule has 0 unspecified atom stereocenters. The van der Waals surface area contributed by atoms with Gasteiger partial charge >= 0.3 is 0 Å². The molecule has 0 spiro atoms. The molecule has 1 aliphatic heterocycles. The summed E-state index contributed by atoms with van der Waals surface area (Å²) >= 11 is 0. The number of hydrogen-bond donors (Lipinski definition) is 2. The minimum atomic E-state index is 0.0873. The van der Waals surface area contributed by atoms with Gasteiger partial charge in [-0.25, -0.2) is 0 Å². The molecule has 0 aromatic heterocycles. The number of carbonyl (C=O) groups excluding carboxylic acids is 1. The number of amides is 1. The fourth-order valence-corrected chi connectivity index (χ4v) is 4.31. The van der Waals surface area contributed by atoms with Crippen molar-refractivity contribution in [2.45, 2.75) is 25.7 Å². The molecule has 1 fully saturated rings. The lowest BCUT2D eigenvalue weighted by Crippen LogP contribution is -2.46. The van der Waals surface area contributed by atoms with Crippen LogP contribution in [0.4, 0.5) is 5.69 Å². The molecule has 1 saturated heterocycles. The first-order valence-electron chi connectivity index (χ1n) is 11.0. The third kappa shape index (κ3) is 5.22. The molecule has 1 amide bonds. The third-order valence-electron chi connectivity index (χ3n) is 6.09. The Morgan fingerprint density at radius 3 is 2.63 bits per heavy atom. The summed E-state index contributed by atoms with van der Waals surface area (Å²) in [6.07, 6.45) is 5.91. The van der Waals surface area contributed by atoms with Gasteiger partial charge in [0.2, 0.25) is 5.91 Å². The van der Waals surface area contributed by atoms with Crippen LogP contribution in [-0.4, -0.2) is 55.2 Å². The number of carbonyl (C=O) groups is 1. The van der Waals surface area contributed by atoms with Crippen LogP contribution in [0.3, 0.4) is 0 Å². The number of rotatable bonds is 7. The second-order valence-corrected chi connectivity index (χ2v) is 8.18. The van der Waals surface area contributed by atoms with Gasteiger partial charge in [-0.3, -0.25) is 9.69 Å². The predicted octanol–water partition coefficient (Wildman–Crippen LogP) is 3.44. The van der Waals surface area contributed by atoms with Gasteiger partial charge in [0.15, 0.2) is 0 Å². The van der Waals surface area contributed by atoms with Gasteiger partial charge in [-0.2, -0.15) is 0 Å². The van der Waals surface area contributed by atoms with E-state index in [1.54, 1.807) is 6.07 Å². The molecule has 2 aromatic carbocycles. The first-order chi connectivity index (χ1) is 14.7. The Kier molecular flexibility index (Phi) is 6.70. The number of phenols is 1. The number of benzene rings is 2. The van der Waals surface area contributed by atoms with Crippen molar-refractivity contribution in [3.8, 4) is 5.75 Å². The molecule has 0 atom stereocenters. The van der Waals surface area contributed by atoms with Crippen molar-refractivity contribution in [1.82, 2.24) is 10.2 Å². The summed E-state index contributed by atoms with van der Waals surface area (Å²) in [4.78, 5) is 17.3. The Balaban J connectivity index is 1.13. The number of aromatic hydroxyl groups is 1. The Morgan fingerprint density at radius 1 is 0.967 bits per heavy atom. The number of anilines is 1. The molecule has 0 radical (unpaired) electrons. The number of nitrogens with one attached hydrogen (secondary N) is 1. The predicted molar refractivity (Wildman–Crippen MR) is 122 cm³/mol. The molecule has 30 heavy (non-hydrogen) atoms. The second-order valence-electron chi connectivity index (χ2n) is 8.18. The van der Waals surface area contributed by atoms with Gasteiger partial charge in [-0.1, -0.05) is 30.3 Å². The van der Waals surface area contributed by atoms with E-state index in [1.807, 2.05) is 24.3 Å². The van der Waals surface area contributed by atoms with Gasteiger partial charge in [0.1, 0.15) is 5.75 Å². The Labute approximate surface area is 179 Å². The number of aryl methyl sites for hydroxylation is 1. The van der Waals surface area contributed by atoms with Crippen LogP contribution in [0.2, 0.25) is 0 Å². The fraction of sp³-hybridized carbons (Fsp3) is 0.400. The molecule has 5 nitrogen and oxygen atoms in total. The third-order valence-corrected chi connectivity index (χ3v) is 6.09. The van der Waals surface area contributed by atoms with Crippen LogP contribution in [0.1, 0.15) is 30.4 Å². The van der Waals surface area contributed by atoms with E-state index < -0.39 is 0 Å². The highest BCUT2D eigenvalue weighted by Crippen LogP contribution is 2.24. The smallest absolute Gasteiger partial charge is 0.247 e. The topological polar surface area (TPSA) is 55.8 Å². The molecule has 2 aromatic rings. The quantitative estimate of drug-likeness (QED) is 0.693. The zero-order valence-corrected chi connectivity index (χ0v) is 17.5. The Morgan fingerprint density at radius 2 is 1.80 bits per heavy atom. The molecule has 0 saturated carbocycles. The lowest BCUT2D eigenvalue weighted by atomic mass is 9.92. The molecule has 2 N–H and O–H groups in total. The van der Waals surface area contributed by atoms with Crippen LogP contribution in [0.25, 0.3) is 6.08 Å². The van der Waals surface area contributed by atoms with E-state index in [2.05, 4.69) is 39.4 Å². The lowest BCUT2D eigenvalue weighted by Gasteiger charge is -2.36. The fourth-order valence-electron chi connectivity index (χ4n) is 4.31. The summed E-state index contributed by atoms with van der Waals surface area (Å²) in [6, 6.07) is 15.8. The first kappa shape index (κ1) is 20.5. The minimum Gasteiger partial charge on any atom is -0.508 e. The van der Waals surface area contributed by atoms with Crippen LogP contribution in [0.5, 0.6) is 5.75 Å². The summed E-state index contributed by atoms with van der Waals surface area (Å²) in [5.74, 6) is 0.411. The van der Waals surface area contributed by atoms with Gasteiger partial charge in [-0.15, -0.1) is 0 Å². The zero-order valence-electron chi connectivity index (χ0n) is 17.5. The summed E-state index contributed by atoms with van der Waals surface area (Å²) in [7, 11) is 0. The number of piperazine rings is 1. The average Bonchev–Trinajstić information content (AvgIpc) is 2.79. The van der Waals surface area contributed by atoms with Crippen molar-refractivity contribution < 1.29 is 9.90 Å². The number of hydrogen-bond acceptors (Lipinski definition) is 4. The van der Waals surface area contributed by atoms with E-state index in [4.69, 9.17) is 0 Å². The monoisotopic (exact) mass is 405 g/mol. The maximum Gasteiger partial charge on any atom is 0.247 e. The highest BCUT2D eigenvalue weighted by atomic mass is 16.3. The second kappa shape index (κ2) is 9.81. The number of fused-ring (bicyclic) bond motifs is 1. The molecule has 2 aliphatic rings. The van der Waals surface area contributed by atoms with Gasteiger partial charge in [-0.05, 0) is 61.6 Å². The number of unbranched alkanes of at least 4 members (excludes halogenated alkanes) is 1. The van der Waals surface area contributed by atoms with Crippen molar-refractivity contribution in [3.63, 3.8) is 0 Å². The van der Waals surface area contributed by atoms with Crippen LogP contribution in [-0.2, 0) is 11.2 Å². The van der Waals surface area contributed by atoms with Gasteiger partial charge in [0.05, 0.1) is 0 Å². The SMILES string of the molecule is O=C(NCCCCN1CCN(c2cccc(O)c2)CC1)C1=Cc2ccccc2CC1. The molecular weight excluding hydrogens is 374 g/mol. The van der Waals surface area contributed by atoms with E-state index >= 15 is 0 Å². The maximum atomic E-state index is 12.5. The summed E-state index contributed by atoms with van der Waals surface area (Å²) < 4.78 is 0. The largest absolute Gasteiger partial charge is 0.508 e. The van der Waals surface area contributed by atoms with E-state index in [0.29, 0.717) is 5.75 Å². The zero-order chi connectivity index (χ0) is 20.8. The van der Waals surface area contributed by atoms with E-state index in [1.165, 1.54) is 11.1 Å². The van der Waals surface area contributed by atoms with Gasteiger partial charge in [0.25, 0.3) is 0 Å². The van der Waals surface area contributed by atoms with Crippen molar-refractivity contribution in [1.29, 1.82) is 0 Å². The van der Waals surface area contributed by atoms with E-state index in [9.17, 15) is 9.90 Å². The van der Waals surface area contributed by atoms with Crippen molar-refractivity contribution in [2.24, 2.45) is 0 Å². The Hall–Kier alpha value is -2.79. The van der Waals surface area contributed by atoms with Crippen molar-refractivity contribution in [3.05, 3.63) is 65.2 Å². The normalized spacial score (nSPS) is 16.7. The number of phenolic OH excluding ortho intramolecular Hbond substituents is 1. The average molecular weight is 406 g/mol. The van der Waals surface area contributed by atoms with Crippen molar-refractivity contribution in [2.75, 3.05) is 44.2 Å². The van der Waals surface area contributed by atoms with Crippen molar-refractivity contribution >= 4 is 17.7 Å². The summed E-state index contributed by atoms with van der Waals surface area (Å²) in [5, 5.41) is 12.8. The first-order valence-corrected chi connectivity index (χ1v) is 11.0. The highest BCUT2D eigenvalue weighted by molar-refractivity contribution is 5.98. The van der Waals surface area contributed by atoms with E-state index in [-0.39, 0.29) is 5.91 Å². The minimum absolute atomic E-state index is 0.0873. The molecule has 1 aliphatic carbocycles. The number of nitrogens with zero attached hydrogens (tertiary/aromatic N) is 2. The molecule has 1 heterocycles. The summed E-state index contributed by atoms with van der Waals surface area (Å²) in [6.45, 7) is 5.84. The van der Waals surface area contributed by atoms with Crippen LogP contribution >= 0.6 is 0 Å². The molecule has 0 bridgehead atoms. The standard InChI is InChI=1S/C25H31N3O2/c29-24-9-5-8-23(19-24)28-16-14-27(15-17-28)13-4-3-12-26-25(30)22-11-10-20-6-1-2-7-21(20)18-22/h1-2,5-9,18-19,29H,3-4,10-17H2,(H,26,30). The van der Waals surface area contributed by atoms with Gasteiger partial charge < -0.3 is 15.3 Å². The molecule has 4 rings (SSSR count). The van der Waals surface area contributed by atoms with E-state index in [0.717, 1.165) is 76.2 Å². The Bertz CT molecular complexity index is 901. The molecule has 5 heteroatoms. The molecular formula is C25H31N3O2. The summed E-state index contributed by atoms with van der Waals surface area (Å²) in [5.41, 5.74) is 4.51. The van der Waals surface area contributed by atoms with Crippen LogP contribution < -0.4 is 10.2 Å².